The molecule has 6 heteroatoms. The first-order valence-electron chi connectivity index (χ1n) is 7.54. The normalized spacial score (nSPS) is 15.3. The lowest BCUT2D eigenvalue weighted by atomic mass is 9.80. The van der Waals surface area contributed by atoms with Crippen molar-refractivity contribution >= 4 is 11.8 Å². The third-order valence-electron chi connectivity index (χ3n) is 4.14. The van der Waals surface area contributed by atoms with Crippen molar-refractivity contribution in [1.29, 1.82) is 0 Å². The quantitative estimate of drug-likeness (QED) is 0.693. The van der Waals surface area contributed by atoms with Crippen molar-refractivity contribution in [1.82, 2.24) is 0 Å². The summed E-state index contributed by atoms with van der Waals surface area (Å²) >= 11 is 1.53. The molecule has 4 rings (SSSR count). The van der Waals surface area contributed by atoms with Crippen molar-refractivity contribution in [2.24, 2.45) is 0 Å². The summed E-state index contributed by atoms with van der Waals surface area (Å²) in [6.07, 6.45) is 0. The molecule has 0 fully saturated rings. The molecular formula is C19H13ClO4S. The first kappa shape index (κ1) is 16.6. The van der Waals surface area contributed by atoms with Gasteiger partial charge in [-0.25, -0.2) is 0 Å². The molecule has 0 saturated carbocycles. The fourth-order valence-electron chi connectivity index (χ4n) is 3.21. The molecule has 1 aliphatic rings. The molecular weight excluding hydrogens is 360 g/mol. The Balaban J connectivity index is 2.09. The van der Waals surface area contributed by atoms with Gasteiger partial charge in [0.05, 0.1) is 14.5 Å². The topological polar surface area (TPSA) is 78.4 Å². The molecule has 0 saturated heterocycles. The Kier molecular flexibility index (Phi) is 4.08. The molecule has 126 valence electrons. The highest BCUT2D eigenvalue weighted by Gasteiger charge is 2.55. The number of rotatable bonds is 3. The Morgan fingerprint density at radius 3 is 1.68 bits per heavy atom. The Bertz CT molecular complexity index is 863. The summed E-state index contributed by atoms with van der Waals surface area (Å²) in [5, 5.41) is 0. The summed E-state index contributed by atoms with van der Waals surface area (Å²) in [6.45, 7) is 0. The first-order chi connectivity index (χ1) is 12.0. The summed E-state index contributed by atoms with van der Waals surface area (Å²) < 4.78 is 40.3. The third kappa shape index (κ3) is 2.85. The third-order valence-corrected chi connectivity index (χ3v) is 5.72. The Hall–Kier alpha value is -1.86. The molecule has 0 atom stereocenters. The zero-order valence-electron chi connectivity index (χ0n) is 12.9. The van der Waals surface area contributed by atoms with Crippen LogP contribution in [0.5, 0.6) is 0 Å². The van der Waals surface area contributed by atoms with E-state index < -0.39 is 15.8 Å². The van der Waals surface area contributed by atoms with Gasteiger partial charge in [-0.3, -0.25) is 0 Å². The zero-order chi connectivity index (χ0) is 17.5. The van der Waals surface area contributed by atoms with Crippen molar-refractivity contribution in [2.75, 3.05) is 0 Å². The van der Waals surface area contributed by atoms with Crippen LogP contribution in [0.1, 0.15) is 16.7 Å². The molecule has 3 aromatic carbocycles. The Labute approximate surface area is 151 Å². The van der Waals surface area contributed by atoms with E-state index >= 15 is 0 Å². The van der Waals surface area contributed by atoms with Crippen LogP contribution in [0, 0.1) is 10.2 Å². The van der Waals surface area contributed by atoms with Crippen LogP contribution in [-0.2, 0) is 9.89 Å². The van der Waals surface area contributed by atoms with Crippen molar-refractivity contribution in [3.05, 3.63) is 95.6 Å². The van der Waals surface area contributed by atoms with Crippen LogP contribution in [0.2, 0.25) is 0 Å². The van der Waals surface area contributed by atoms with Gasteiger partial charge in [-0.15, -0.1) is 0 Å². The molecule has 0 bridgehead atoms. The van der Waals surface area contributed by atoms with Gasteiger partial charge >= 0.3 is 5.60 Å². The molecule has 0 N–H and O–H groups in total. The molecule has 4 nitrogen and oxygen atoms in total. The Morgan fingerprint density at radius 2 is 1.16 bits per heavy atom. The second kappa shape index (κ2) is 6.14. The van der Waals surface area contributed by atoms with E-state index in [1.165, 1.54) is 11.8 Å². The SMILES string of the molecule is [O-][Cl+3]([O-])([O-])OC1(c2ccccc2)c2ccccc2Sc2ccccc21. The lowest BCUT2D eigenvalue weighted by Gasteiger charge is -2.36. The van der Waals surface area contributed by atoms with E-state index in [0.29, 0.717) is 16.7 Å². The van der Waals surface area contributed by atoms with E-state index in [9.17, 15) is 14.0 Å². The molecule has 0 amide bonds. The maximum absolute atomic E-state index is 11.7. The van der Waals surface area contributed by atoms with E-state index in [-0.39, 0.29) is 0 Å². The van der Waals surface area contributed by atoms with Crippen molar-refractivity contribution in [2.45, 2.75) is 15.4 Å². The van der Waals surface area contributed by atoms with Gasteiger partial charge in [-0.2, -0.15) is 14.0 Å². The molecule has 0 aliphatic carbocycles. The van der Waals surface area contributed by atoms with E-state index in [1.54, 1.807) is 36.4 Å². The number of hydrogen-bond acceptors (Lipinski definition) is 5. The smallest absolute Gasteiger partial charge is 0.183 e. The lowest BCUT2D eigenvalue weighted by molar-refractivity contribution is -1.92. The summed E-state index contributed by atoms with van der Waals surface area (Å²) in [5.74, 6) is 0. The van der Waals surface area contributed by atoms with Crippen LogP contribution in [-0.4, -0.2) is 0 Å². The van der Waals surface area contributed by atoms with Crippen LogP contribution >= 0.6 is 11.8 Å². The molecule has 1 heterocycles. The van der Waals surface area contributed by atoms with Gasteiger partial charge in [-0.1, -0.05) is 78.5 Å². The largest absolute Gasteiger partial charge is 0.300 e. The van der Waals surface area contributed by atoms with E-state index in [4.69, 9.17) is 4.29 Å². The predicted molar refractivity (Wildman–Crippen MR) is 84.4 cm³/mol. The predicted octanol–water partition coefficient (Wildman–Crippen LogP) is 1.36. The molecule has 3 aromatic rings. The lowest BCUT2D eigenvalue weighted by Crippen LogP contribution is -2.64. The minimum atomic E-state index is -4.66. The number of hydrogen-bond donors (Lipinski definition) is 0. The zero-order valence-corrected chi connectivity index (χ0v) is 14.5. The minimum Gasteiger partial charge on any atom is -0.183 e. The second-order valence-electron chi connectivity index (χ2n) is 5.60. The van der Waals surface area contributed by atoms with Gasteiger partial charge < -0.3 is 0 Å². The monoisotopic (exact) mass is 372 g/mol. The number of halogens is 1. The van der Waals surface area contributed by atoms with Gasteiger partial charge in [0.2, 0.25) is 0 Å². The number of fused-ring (bicyclic) bond motifs is 2. The minimum absolute atomic E-state index is 0.585. The van der Waals surface area contributed by atoms with Crippen LogP contribution in [0.3, 0.4) is 0 Å². The van der Waals surface area contributed by atoms with Gasteiger partial charge in [0.15, 0.2) is 0 Å². The van der Waals surface area contributed by atoms with E-state index in [0.717, 1.165) is 9.79 Å². The summed E-state index contributed by atoms with van der Waals surface area (Å²) in [5.41, 5.74) is 0.345. The van der Waals surface area contributed by atoms with Crippen LogP contribution < -0.4 is 14.0 Å². The van der Waals surface area contributed by atoms with Gasteiger partial charge in [-0.05, 0) is 12.1 Å². The standard InChI is InChI=1S/C19H13ClO4S/c21-20(22,23)24-19(14-8-2-1-3-9-14)15-10-4-6-12-17(15)25-18-13-7-5-11-16(18)19/h1-13H. The van der Waals surface area contributed by atoms with E-state index in [1.807, 2.05) is 42.5 Å². The van der Waals surface area contributed by atoms with Crippen molar-refractivity contribution in [3.8, 4) is 0 Å². The summed E-state index contributed by atoms with van der Waals surface area (Å²) in [7, 11) is -4.66. The van der Waals surface area contributed by atoms with Gasteiger partial charge in [0.1, 0.15) is 0 Å². The molecule has 0 aromatic heterocycles. The highest BCUT2D eigenvalue weighted by Crippen LogP contribution is 2.53. The average Bonchev–Trinajstić information content (AvgIpc) is 2.61. The molecule has 0 radical (unpaired) electrons. The highest BCUT2D eigenvalue weighted by molar-refractivity contribution is 7.99. The van der Waals surface area contributed by atoms with Gasteiger partial charge in [0, 0.05) is 26.5 Å². The Morgan fingerprint density at radius 1 is 0.680 bits per heavy atom. The second-order valence-corrected chi connectivity index (χ2v) is 7.59. The average molecular weight is 373 g/mol. The summed E-state index contributed by atoms with van der Waals surface area (Å²) in [6, 6.07) is 23.7. The van der Waals surface area contributed by atoms with Crippen molar-refractivity contribution in [3.63, 3.8) is 0 Å². The summed E-state index contributed by atoms with van der Waals surface area (Å²) in [4.78, 5) is 1.70. The highest BCUT2D eigenvalue weighted by atomic mass is 35.7. The van der Waals surface area contributed by atoms with Crippen LogP contribution in [0.15, 0.2) is 88.7 Å². The first-order valence-corrected chi connectivity index (χ1v) is 9.60. The molecule has 0 unspecified atom stereocenters. The van der Waals surface area contributed by atoms with Crippen LogP contribution in [0.25, 0.3) is 0 Å². The van der Waals surface area contributed by atoms with Gasteiger partial charge in [0.25, 0.3) is 0 Å². The fraction of sp³-hybridized carbons (Fsp3) is 0.0526. The maximum Gasteiger partial charge on any atom is 0.300 e. The molecule has 25 heavy (non-hydrogen) atoms. The molecule has 0 spiro atoms. The number of benzene rings is 3. The fourth-order valence-corrected chi connectivity index (χ4v) is 4.92. The maximum atomic E-state index is 11.7. The molecule has 1 aliphatic heterocycles. The van der Waals surface area contributed by atoms with E-state index in [2.05, 4.69) is 0 Å². The van der Waals surface area contributed by atoms with Crippen LogP contribution in [0.4, 0.5) is 0 Å². The van der Waals surface area contributed by atoms with Crippen molar-refractivity contribution < 1.29 is 28.5 Å².